The zero-order valence-corrected chi connectivity index (χ0v) is 19.1. The number of alkyl halides is 3. The first-order valence-corrected chi connectivity index (χ1v) is 11.3. The van der Waals surface area contributed by atoms with Crippen molar-refractivity contribution >= 4 is 11.8 Å². The van der Waals surface area contributed by atoms with Gasteiger partial charge in [0.15, 0.2) is 5.76 Å². The van der Waals surface area contributed by atoms with Gasteiger partial charge in [0.2, 0.25) is 5.91 Å². The van der Waals surface area contributed by atoms with E-state index in [2.05, 4.69) is 16.0 Å². The Balaban J connectivity index is 1.71. The van der Waals surface area contributed by atoms with Crippen molar-refractivity contribution in [1.29, 1.82) is 0 Å². The maximum atomic E-state index is 13.0. The van der Waals surface area contributed by atoms with Gasteiger partial charge in [-0.05, 0) is 56.0 Å². The highest BCUT2D eigenvalue weighted by Crippen LogP contribution is 2.32. The van der Waals surface area contributed by atoms with Crippen LogP contribution in [0.1, 0.15) is 49.2 Å². The number of β-amino-alcohol motifs (C(OH)–C–C–N with tert-alkyl or cyclic N) is 1. The van der Waals surface area contributed by atoms with Gasteiger partial charge in [-0.1, -0.05) is 26.0 Å². The second kappa shape index (κ2) is 11.1. The zero-order valence-electron chi connectivity index (χ0n) is 19.1. The van der Waals surface area contributed by atoms with E-state index in [1.807, 2.05) is 13.8 Å². The summed E-state index contributed by atoms with van der Waals surface area (Å²) in [6, 6.07) is 6.10. The molecule has 1 aromatic heterocycles. The van der Waals surface area contributed by atoms with Crippen LogP contribution in [0.15, 0.2) is 40.8 Å². The number of carbonyl (C=O) groups excluding carboxylic acids is 2. The van der Waals surface area contributed by atoms with Crippen molar-refractivity contribution in [2.75, 3.05) is 13.1 Å². The van der Waals surface area contributed by atoms with Gasteiger partial charge >= 0.3 is 6.18 Å². The van der Waals surface area contributed by atoms with Crippen LogP contribution in [0.4, 0.5) is 13.2 Å². The lowest BCUT2D eigenvalue weighted by molar-refractivity contribution is -0.137. The van der Waals surface area contributed by atoms with E-state index in [0.717, 1.165) is 25.1 Å². The Morgan fingerprint density at radius 1 is 1.24 bits per heavy atom. The first kappa shape index (κ1) is 25.8. The highest BCUT2D eigenvalue weighted by molar-refractivity contribution is 5.96. The van der Waals surface area contributed by atoms with Crippen LogP contribution in [-0.4, -0.2) is 48.2 Å². The molecule has 7 nitrogen and oxygen atoms in total. The highest BCUT2D eigenvalue weighted by Gasteiger charge is 2.31. The molecule has 2 aromatic rings. The van der Waals surface area contributed by atoms with E-state index >= 15 is 0 Å². The predicted octanol–water partition coefficient (Wildman–Crippen LogP) is 3.34. The van der Waals surface area contributed by atoms with Gasteiger partial charge in [0.1, 0.15) is 11.8 Å². The van der Waals surface area contributed by atoms with Gasteiger partial charge in [-0.2, -0.15) is 13.2 Å². The van der Waals surface area contributed by atoms with Crippen LogP contribution in [0.2, 0.25) is 0 Å². The maximum absolute atomic E-state index is 13.0. The van der Waals surface area contributed by atoms with Gasteiger partial charge in [-0.15, -0.1) is 0 Å². The first-order chi connectivity index (χ1) is 16.0. The van der Waals surface area contributed by atoms with E-state index < -0.39 is 41.7 Å². The highest BCUT2D eigenvalue weighted by atomic mass is 19.4. The van der Waals surface area contributed by atoms with Gasteiger partial charge < -0.3 is 25.5 Å². The minimum Gasteiger partial charge on any atom is -0.451 e. The molecule has 1 aromatic carbocycles. The summed E-state index contributed by atoms with van der Waals surface area (Å²) in [6.45, 7) is 4.95. The minimum absolute atomic E-state index is 0.0917. The number of aliphatic hydroxyl groups is 1. The Morgan fingerprint density at radius 3 is 2.71 bits per heavy atom. The summed E-state index contributed by atoms with van der Waals surface area (Å²) in [5, 5.41) is 18.9. The standard InChI is InChI=1S/C24H30F3N3O4/c1-14(2)11-18(22(32)29-17-7-4-10-28-13-19(17)31)30-23(33)21-9-8-20(34-21)15-5-3-6-16(12-15)24(25,26)27/h3,5-6,8-9,12,14,17-19,28,31H,4,7,10-11,13H2,1-2H3,(H,29,32)(H,30,33)/t17?,18-,19?/m0/s1. The summed E-state index contributed by atoms with van der Waals surface area (Å²) in [5.74, 6) is -0.975. The minimum atomic E-state index is -4.50. The molecule has 0 radical (unpaired) electrons. The number of halogens is 3. The monoisotopic (exact) mass is 481 g/mol. The predicted molar refractivity (Wildman–Crippen MR) is 120 cm³/mol. The average Bonchev–Trinajstić information content (AvgIpc) is 3.18. The summed E-state index contributed by atoms with van der Waals surface area (Å²) in [7, 11) is 0. The molecule has 2 amide bonds. The molecule has 10 heteroatoms. The number of nitrogens with one attached hydrogen (secondary N) is 3. The van der Waals surface area contributed by atoms with Crippen LogP contribution < -0.4 is 16.0 Å². The maximum Gasteiger partial charge on any atom is 0.416 e. The Kier molecular flexibility index (Phi) is 8.37. The Hall–Kier alpha value is -2.85. The first-order valence-electron chi connectivity index (χ1n) is 11.3. The third-order valence-corrected chi connectivity index (χ3v) is 5.65. The van der Waals surface area contributed by atoms with Gasteiger partial charge in [-0.3, -0.25) is 9.59 Å². The summed E-state index contributed by atoms with van der Waals surface area (Å²) in [5.41, 5.74) is -0.640. The average molecular weight is 482 g/mol. The van der Waals surface area contributed by atoms with Gasteiger partial charge in [-0.25, -0.2) is 0 Å². The number of amides is 2. The van der Waals surface area contributed by atoms with Gasteiger partial charge in [0.05, 0.1) is 17.7 Å². The lowest BCUT2D eigenvalue weighted by atomic mass is 10.0. The van der Waals surface area contributed by atoms with E-state index in [1.165, 1.54) is 24.3 Å². The molecular weight excluding hydrogens is 451 g/mol. The lowest BCUT2D eigenvalue weighted by Crippen LogP contribution is -2.53. The van der Waals surface area contributed by atoms with E-state index in [-0.39, 0.29) is 23.0 Å². The molecule has 1 fully saturated rings. The van der Waals surface area contributed by atoms with Crippen molar-refractivity contribution in [3.05, 3.63) is 47.7 Å². The van der Waals surface area contributed by atoms with Crippen molar-refractivity contribution in [2.45, 2.75) is 57.5 Å². The van der Waals surface area contributed by atoms with E-state index in [1.54, 1.807) is 0 Å². The fourth-order valence-corrected chi connectivity index (χ4v) is 3.88. The number of hydrogen-bond acceptors (Lipinski definition) is 5. The molecule has 0 spiro atoms. The number of rotatable bonds is 7. The molecule has 1 saturated heterocycles. The van der Waals surface area contributed by atoms with Crippen LogP contribution in [0, 0.1) is 5.92 Å². The molecule has 0 bridgehead atoms. The molecule has 34 heavy (non-hydrogen) atoms. The normalized spacial score (nSPS) is 20.0. The summed E-state index contributed by atoms with van der Waals surface area (Å²) in [4.78, 5) is 25.7. The molecule has 186 valence electrons. The smallest absolute Gasteiger partial charge is 0.416 e. The van der Waals surface area contributed by atoms with Crippen molar-refractivity contribution < 1.29 is 32.3 Å². The topological polar surface area (TPSA) is 104 Å². The van der Waals surface area contributed by atoms with Crippen molar-refractivity contribution in [2.24, 2.45) is 5.92 Å². The SMILES string of the molecule is CC(C)C[C@H](NC(=O)c1ccc(-c2cccc(C(F)(F)F)c2)o1)C(=O)NC1CCCNCC1O. The van der Waals surface area contributed by atoms with Crippen LogP contribution in [0.3, 0.4) is 0 Å². The van der Waals surface area contributed by atoms with E-state index in [4.69, 9.17) is 4.42 Å². The van der Waals surface area contributed by atoms with Gasteiger partial charge in [0, 0.05) is 12.1 Å². The summed E-state index contributed by atoms with van der Waals surface area (Å²) < 4.78 is 44.5. The molecule has 1 aliphatic heterocycles. The molecule has 4 N–H and O–H groups in total. The summed E-state index contributed by atoms with van der Waals surface area (Å²) in [6.07, 6.45) is -3.46. The van der Waals surface area contributed by atoms with Crippen LogP contribution in [0.5, 0.6) is 0 Å². The van der Waals surface area contributed by atoms with E-state index in [9.17, 15) is 27.9 Å². The van der Waals surface area contributed by atoms with Crippen molar-refractivity contribution in [3.63, 3.8) is 0 Å². The molecular formula is C24H30F3N3O4. The largest absolute Gasteiger partial charge is 0.451 e. The Labute approximate surface area is 196 Å². The number of benzene rings is 1. The number of aliphatic hydroxyl groups excluding tert-OH is 1. The Bertz CT molecular complexity index is 990. The summed E-state index contributed by atoms with van der Waals surface area (Å²) >= 11 is 0. The molecule has 3 rings (SSSR count). The number of carbonyl (C=O) groups is 2. The van der Waals surface area contributed by atoms with Crippen molar-refractivity contribution in [3.8, 4) is 11.3 Å². The van der Waals surface area contributed by atoms with Crippen LogP contribution in [0.25, 0.3) is 11.3 Å². The van der Waals surface area contributed by atoms with E-state index in [0.29, 0.717) is 19.4 Å². The molecule has 1 aliphatic rings. The van der Waals surface area contributed by atoms with Crippen molar-refractivity contribution in [1.82, 2.24) is 16.0 Å². The zero-order chi connectivity index (χ0) is 24.9. The Morgan fingerprint density at radius 2 is 2.00 bits per heavy atom. The van der Waals surface area contributed by atoms with Crippen LogP contribution in [-0.2, 0) is 11.0 Å². The molecule has 2 unspecified atom stereocenters. The quantitative estimate of drug-likeness (QED) is 0.486. The van der Waals surface area contributed by atoms with Crippen LogP contribution >= 0.6 is 0 Å². The molecule has 0 saturated carbocycles. The molecule has 2 heterocycles. The second-order valence-corrected chi connectivity index (χ2v) is 8.93. The fraction of sp³-hybridized carbons (Fsp3) is 0.500. The molecule has 0 aliphatic carbocycles. The second-order valence-electron chi connectivity index (χ2n) is 8.93. The lowest BCUT2D eigenvalue weighted by Gasteiger charge is -2.26. The number of furan rings is 1. The fourth-order valence-electron chi connectivity index (χ4n) is 3.88. The molecule has 3 atom stereocenters. The third-order valence-electron chi connectivity index (χ3n) is 5.65. The van der Waals surface area contributed by atoms with Gasteiger partial charge in [0.25, 0.3) is 5.91 Å². The third kappa shape index (κ3) is 6.83. The number of hydrogen-bond donors (Lipinski definition) is 4.